The van der Waals surface area contributed by atoms with E-state index in [2.05, 4.69) is 27.1 Å². The van der Waals surface area contributed by atoms with E-state index >= 15 is 0 Å². The summed E-state index contributed by atoms with van der Waals surface area (Å²) in [4.78, 5) is 13.8. The average Bonchev–Trinajstić information content (AvgIpc) is 3.58. The van der Waals surface area contributed by atoms with Crippen LogP contribution in [0.15, 0.2) is 89.6 Å². The van der Waals surface area contributed by atoms with E-state index < -0.39 is 18.6 Å². The van der Waals surface area contributed by atoms with Crippen LogP contribution < -0.4 is 0 Å². The van der Waals surface area contributed by atoms with E-state index in [4.69, 9.17) is 11.3 Å². The van der Waals surface area contributed by atoms with Gasteiger partial charge in [-0.2, -0.15) is 0 Å². The van der Waals surface area contributed by atoms with E-state index in [0.29, 0.717) is 21.7 Å². The first kappa shape index (κ1) is 23.8. The number of nitrogens with zero attached hydrogens (tertiary/aromatic N) is 3. The molecule has 0 aliphatic rings. The molecule has 2 aromatic carbocycles. The van der Waals surface area contributed by atoms with Crippen LogP contribution in [0.4, 0.5) is 0 Å². The van der Waals surface area contributed by atoms with Crippen LogP contribution in [-0.2, 0) is 26.5 Å². The van der Waals surface area contributed by atoms with Gasteiger partial charge in [0.15, 0.2) is 0 Å². The minimum absolute atomic E-state index is 0. The minimum atomic E-state index is -2.32. The van der Waals surface area contributed by atoms with Gasteiger partial charge in [0.05, 0.1) is 5.58 Å². The Morgan fingerprint density at radius 2 is 1.79 bits per heavy atom. The Balaban J connectivity index is 0.000000280. The maximum Gasteiger partial charge on any atom is 0.216 e. The van der Waals surface area contributed by atoms with Gasteiger partial charge in [0, 0.05) is 65.4 Å². The number of rotatable bonds is 3. The maximum atomic E-state index is 8.73. The van der Waals surface area contributed by atoms with E-state index in [1.807, 2.05) is 82.3 Å². The molecule has 5 aromatic heterocycles. The third-order valence-corrected chi connectivity index (χ3v) is 7.69. The van der Waals surface area contributed by atoms with Crippen LogP contribution in [0, 0.1) is 31.3 Å². The fourth-order valence-corrected chi connectivity index (χ4v) is 5.92. The van der Waals surface area contributed by atoms with E-state index in [1.165, 1.54) is 17.4 Å². The summed E-state index contributed by atoms with van der Waals surface area (Å²) in [5.41, 5.74) is 4.46. The van der Waals surface area contributed by atoms with Crippen molar-refractivity contribution in [1.82, 2.24) is 15.0 Å². The molecular formula is C36H31IrN3OS-2. The number of aromatic nitrogens is 3. The van der Waals surface area contributed by atoms with Crippen molar-refractivity contribution in [2.24, 2.45) is 5.41 Å². The molecule has 1 radical (unpaired) electrons. The molecule has 0 atom stereocenters. The van der Waals surface area contributed by atoms with E-state index in [9.17, 15) is 0 Å². The summed E-state index contributed by atoms with van der Waals surface area (Å²) in [7, 11) is 0. The first-order valence-electron chi connectivity index (χ1n) is 15.8. The molecule has 0 spiro atoms. The Morgan fingerprint density at radius 3 is 2.52 bits per heavy atom. The first-order valence-corrected chi connectivity index (χ1v) is 14.1. The van der Waals surface area contributed by atoms with E-state index in [0.717, 1.165) is 37.7 Å². The molecule has 6 heteroatoms. The van der Waals surface area contributed by atoms with E-state index in [-0.39, 0.29) is 31.5 Å². The van der Waals surface area contributed by atoms with Gasteiger partial charge in [-0.05, 0) is 60.7 Å². The van der Waals surface area contributed by atoms with Gasteiger partial charge < -0.3 is 14.4 Å². The molecule has 0 saturated carbocycles. The van der Waals surface area contributed by atoms with Crippen LogP contribution in [0.2, 0.25) is 0 Å². The zero-order chi connectivity index (χ0) is 32.9. The maximum absolute atomic E-state index is 8.73. The summed E-state index contributed by atoms with van der Waals surface area (Å²) >= 11 is 1.45. The molecule has 7 aromatic rings. The molecule has 5 heterocycles. The SMILES string of the molecule is [2H]C([2H])([2H])c1ccc2c(n1)oc1c(-c3cc4sc(C([2H])([2H])C(C)(C)C)c(C)c4cn3)[c-]ccc12.[Ir].[c-]1ccccc1-c1ccccn1. The van der Waals surface area contributed by atoms with Crippen LogP contribution in [0.5, 0.6) is 0 Å². The fraction of sp³-hybridized carbons (Fsp3) is 0.194. The second-order valence-electron chi connectivity index (χ2n) is 10.7. The average molecular weight is 751 g/mol. The predicted molar refractivity (Wildman–Crippen MR) is 170 cm³/mol. The monoisotopic (exact) mass is 751 g/mol. The summed E-state index contributed by atoms with van der Waals surface area (Å²) in [5, 5.41) is 2.46. The Bertz CT molecular complexity index is 2140. The quantitative estimate of drug-likeness (QED) is 0.169. The van der Waals surface area contributed by atoms with Crippen LogP contribution in [0.25, 0.3) is 54.7 Å². The van der Waals surface area contributed by atoms with Crippen LogP contribution in [0.1, 0.15) is 43.8 Å². The van der Waals surface area contributed by atoms with Gasteiger partial charge in [0.2, 0.25) is 5.71 Å². The van der Waals surface area contributed by atoms with Gasteiger partial charge in [-0.3, -0.25) is 0 Å². The molecular weight excluding hydrogens is 715 g/mol. The number of benzene rings is 2. The summed E-state index contributed by atoms with van der Waals surface area (Å²) in [5.74, 6) is 0. The van der Waals surface area contributed by atoms with Crippen molar-refractivity contribution in [1.29, 1.82) is 0 Å². The van der Waals surface area contributed by atoms with Crippen molar-refractivity contribution < 1.29 is 31.4 Å². The molecule has 4 nitrogen and oxygen atoms in total. The Kier molecular flexibility index (Phi) is 6.96. The van der Waals surface area contributed by atoms with Gasteiger partial charge in [-0.25, -0.2) is 4.98 Å². The molecule has 213 valence electrons. The second kappa shape index (κ2) is 12.3. The van der Waals surface area contributed by atoms with E-state index in [1.54, 1.807) is 24.5 Å². The number of furan rings is 1. The van der Waals surface area contributed by atoms with Gasteiger partial charge in [0.25, 0.3) is 0 Å². The topological polar surface area (TPSA) is 51.8 Å². The smallest absolute Gasteiger partial charge is 0.216 e. The largest absolute Gasteiger partial charge is 0.486 e. The molecule has 0 aliphatic heterocycles. The van der Waals surface area contributed by atoms with Crippen LogP contribution >= 0.6 is 11.3 Å². The molecule has 0 N–H and O–H groups in total. The van der Waals surface area contributed by atoms with Gasteiger partial charge >= 0.3 is 0 Å². The number of hydrogen-bond acceptors (Lipinski definition) is 5. The molecule has 0 amide bonds. The van der Waals surface area contributed by atoms with Crippen LogP contribution in [0.3, 0.4) is 0 Å². The van der Waals surface area contributed by atoms with Gasteiger partial charge in [0.1, 0.15) is 0 Å². The molecule has 0 aliphatic carbocycles. The summed E-state index contributed by atoms with van der Waals surface area (Å²) < 4.78 is 47.3. The number of fused-ring (bicyclic) bond motifs is 4. The molecule has 0 bridgehead atoms. The molecule has 42 heavy (non-hydrogen) atoms. The zero-order valence-electron chi connectivity index (χ0n) is 28.6. The van der Waals surface area contributed by atoms with Gasteiger partial charge in [-0.1, -0.05) is 49.9 Å². The summed E-state index contributed by atoms with van der Waals surface area (Å²) in [6, 6.07) is 28.8. The number of pyridine rings is 3. The Hall–Kier alpha value is -3.70. The van der Waals surface area contributed by atoms with Crippen LogP contribution in [-0.4, -0.2) is 15.0 Å². The third kappa shape index (κ3) is 6.22. The Morgan fingerprint density at radius 1 is 0.929 bits per heavy atom. The van der Waals surface area contributed by atoms with Gasteiger partial charge in [-0.15, -0.1) is 65.4 Å². The summed E-state index contributed by atoms with van der Waals surface area (Å²) in [6.45, 7) is 5.34. The number of aryl methyl sites for hydroxylation is 2. The number of thiophene rings is 1. The molecule has 0 unspecified atom stereocenters. The normalized spacial score (nSPS) is 13.8. The van der Waals surface area contributed by atoms with Crippen molar-refractivity contribution in [3.8, 4) is 22.5 Å². The van der Waals surface area contributed by atoms with Crippen molar-refractivity contribution in [3.63, 3.8) is 0 Å². The van der Waals surface area contributed by atoms with Crippen molar-refractivity contribution in [3.05, 3.63) is 113 Å². The standard InChI is InChI=1S/C25H23N2OS.C11H8N.Ir/c1-14-9-10-17-16-7-6-8-18(23(16)28-24(17)27-14)20-11-21-19(13-26-20)15(2)22(29-21)12-25(3,4)5;1-2-6-10(7-3-1)11-8-4-5-9-12-11;/h6-7,9-11,13H,12H2,1-5H3;1-6,8-9H;/q2*-1;/i1D3,12D2;;. The Labute approximate surface area is 271 Å². The van der Waals surface area contributed by atoms with Crippen molar-refractivity contribution >= 4 is 43.5 Å². The first-order chi connectivity index (χ1) is 21.8. The van der Waals surface area contributed by atoms with Crippen molar-refractivity contribution in [2.45, 2.75) is 40.9 Å². The predicted octanol–water partition coefficient (Wildman–Crippen LogP) is 9.81. The van der Waals surface area contributed by atoms with Crippen molar-refractivity contribution in [2.75, 3.05) is 0 Å². The molecule has 7 rings (SSSR count). The minimum Gasteiger partial charge on any atom is -0.486 e. The summed E-state index contributed by atoms with van der Waals surface area (Å²) in [6.07, 6.45) is 2.08. The third-order valence-electron chi connectivity index (χ3n) is 6.52. The molecule has 0 fully saturated rings. The number of hydrogen-bond donors (Lipinski definition) is 0. The second-order valence-corrected chi connectivity index (χ2v) is 11.8. The molecule has 0 saturated heterocycles. The zero-order valence-corrected chi connectivity index (χ0v) is 26.8. The fourth-order valence-electron chi connectivity index (χ4n) is 4.60.